The van der Waals surface area contributed by atoms with Crippen LogP contribution in [0.4, 0.5) is 0 Å². The lowest BCUT2D eigenvalue weighted by Crippen LogP contribution is -2.51. The molecule has 0 spiro atoms. The van der Waals surface area contributed by atoms with Crippen LogP contribution in [0.2, 0.25) is 0 Å². The van der Waals surface area contributed by atoms with Crippen LogP contribution in [0.25, 0.3) is 0 Å². The Kier molecular flexibility index (Phi) is 3.48. The van der Waals surface area contributed by atoms with Crippen molar-refractivity contribution in [3.63, 3.8) is 0 Å². The van der Waals surface area contributed by atoms with Crippen LogP contribution in [0, 0.1) is 13.8 Å². The fourth-order valence-electron chi connectivity index (χ4n) is 2.20. The average molecular weight is 274 g/mol. The highest BCUT2D eigenvalue weighted by Gasteiger charge is 2.38. The number of ether oxygens (including phenoxy) is 1. The molecule has 0 bridgehead atoms. The van der Waals surface area contributed by atoms with E-state index in [-0.39, 0.29) is 17.0 Å². The zero-order valence-corrected chi connectivity index (χ0v) is 11.8. The Morgan fingerprint density at radius 1 is 1.33 bits per heavy atom. The normalized spacial score (nSPS) is 26.4. The van der Waals surface area contributed by atoms with Crippen molar-refractivity contribution in [2.24, 2.45) is 0 Å². The predicted molar refractivity (Wildman–Crippen MR) is 64.7 cm³/mol. The molecule has 6 nitrogen and oxygen atoms in total. The van der Waals surface area contributed by atoms with Gasteiger partial charge in [-0.1, -0.05) is 5.16 Å². The highest BCUT2D eigenvalue weighted by atomic mass is 32.2. The summed E-state index contributed by atoms with van der Waals surface area (Å²) in [6, 6.07) is -0.197. The zero-order chi connectivity index (χ0) is 13.5. The highest BCUT2D eigenvalue weighted by Crippen LogP contribution is 2.27. The summed E-state index contributed by atoms with van der Waals surface area (Å²) in [6.07, 6.45) is -0.117. The van der Waals surface area contributed by atoms with Crippen LogP contribution in [0.15, 0.2) is 9.42 Å². The first kappa shape index (κ1) is 13.5. The van der Waals surface area contributed by atoms with Crippen molar-refractivity contribution in [3.8, 4) is 0 Å². The number of aromatic nitrogens is 1. The van der Waals surface area contributed by atoms with Crippen LogP contribution in [0.1, 0.15) is 25.3 Å². The molecule has 1 aliphatic rings. The molecule has 1 aliphatic heterocycles. The zero-order valence-electron chi connectivity index (χ0n) is 11.0. The van der Waals surface area contributed by atoms with Crippen LogP contribution in [-0.2, 0) is 14.8 Å². The molecule has 2 unspecified atom stereocenters. The molecular formula is C11H18N2O4S. The summed E-state index contributed by atoms with van der Waals surface area (Å²) in [5.74, 6) is 0.332. The van der Waals surface area contributed by atoms with Crippen LogP contribution in [0.5, 0.6) is 0 Å². The van der Waals surface area contributed by atoms with Crippen molar-refractivity contribution >= 4 is 10.0 Å². The summed E-state index contributed by atoms with van der Waals surface area (Å²) >= 11 is 0. The summed E-state index contributed by atoms with van der Waals surface area (Å²) in [4.78, 5) is 0.184. The molecule has 18 heavy (non-hydrogen) atoms. The lowest BCUT2D eigenvalue weighted by atomic mass is 10.2. The minimum Gasteiger partial charge on any atom is -0.375 e. The number of hydrogen-bond donors (Lipinski definition) is 0. The molecule has 2 atom stereocenters. The fourth-order valence-corrected chi connectivity index (χ4v) is 4.17. The standard InChI is InChI=1S/C11H18N2O4S/c1-7-11(10(4)17-12-7)18(14,15)13-5-6-16-9(3)8(13)2/h8-9H,5-6H2,1-4H3. The molecule has 0 saturated carbocycles. The quantitative estimate of drug-likeness (QED) is 0.807. The largest absolute Gasteiger partial charge is 0.375 e. The second kappa shape index (κ2) is 4.64. The second-order valence-electron chi connectivity index (χ2n) is 4.59. The van der Waals surface area contributed by atoms with Crippen LogP contribution in [0.3, 0.4) is 0 Å². The number of hydrogen-bond acceptors (Lipinski definition) is 5. The van der Waals surface area contributed by atoms with E-state index in [0.29, 0.717) is 24.6 Å². The Bertz CT molecular complexity index is 518. The first-order chi connectivity index (χ1) is 8.35. The third-order valence-electron chi connectivity index (χ3n) is 3.36. The lowest BCUT2D eigenvalue weighted by Gasteiger charge is -2.36. The minimum absolute atomic E-state index is 0.117. The van der Waals surface area contributed by atoms with Gasteiger partial charge in [-0.25, -0.2) is 8.42 Å². The maximum absolute atomic E-state index is 12.6. The van der Waals surface area contributed by atoms with E-state index in [1.54, 1.807) is 13.8 Å². The molecule has 0 aliphatic carbocycles. The molecule has 2 rings (SSSR count). The van der Waals surface area contributed by atoms with Gasteiger partial charge in [-0.3, -0.25) is 0 Å². The SMILES string of the molecule is Cc1noc(C)c1S(=O)(=O)N1CCOC(C)C1C. The van der Waals surface area contributed by atoms with E-state index in [4.69, 9.17) is 9.26 Å². The van der Waals surface area contributed by atoms with Gasteiger partial charge in [0.15, 0.2) is 5.76 Å². The van der Waals surface area contributed by atoms with E-state index in [1.165, 1.54) is 4.31 Å². The van der Waals surface area contributed by atoms with E-state index in [0.717, 1.165) is 0 Å². The molecule has 2 heterocycles. The molecule has 0 amide bonds. The maximum atomic E-state index is 12.6. The van der Waals surface area contributed by atoms with Gasteiger partial charge >= 0.3 is 0 Å². The second-order valence-corrected chi connectivity index (χ2v) is 6.41. The number of sulfonamides is 1. The average Bonchev–Trinajstić information content (AvgIpc) is 2.62. The van der Waals surface area contributed by atoms with Crippen molar-refractivity contribution in [1.29, 1.82) is 0 Å². The van der Waals surface area contributed by atoms with Gasteiger partial charge < -0.3 is 9.26 Å². The van der Waals surface area contributed by atoms with E-state index < -0.39 is 10.0 Å². The molecule has 1 fully saturated rings. The Morgan fingerprint density at radius 2 is 2.00 bits per heavy atom. The third-order valence-corrected chi connectivity index (χ3v) is 5.59. The van der Waals surface area contributed by atoms with Crippen molar-refractivity contribution < 1.29 is 17.7 Å². The van der Waals surface area contributed by atoms with Gasteiger partial charge in [0.2, 0.25) is 10.0 Å². The van der Waals surface area contributed by atoms with Gasteiger partial charge in [0.25, 0.3) is 0 Å². The Labute approximate surface area is 107 Å². The summed E-state index contributed by atoms with van der Waals surface area (Å²) < 4.78 is 37.1. The van der Waals surface area contributed by atoms with Gasteiger partial charge in [0.05, 0.1) is 12.7 Å². The van der Waals surface area contributed by atoms with E-state index in [1.807, 2.05) is 13.8 Å². The van der Waals surface area contributed by atoms with E-state index >= 15 is 0 Å². The molecule has 0 N–H and O–H groups in total. The molecule has 7 heteroatoms. The molecule has 0 aromatic carbocycles. The molecule has 1 saturated heterocycles. The summed E-state index contributed by atoms with van der Waals surface area (Å²) in [5, 5.41) is 3.71. The van der Waals surface area contributed by atoms with Crippen molar-refractivity contribution in [2.45, 2.75) is 44.7 Å². The smallest absolute Gasteiger partial charge is 0.248 e. The van der Waals surface area contributed by atoms with Crippen LogP contribution >= 0.6 is 0 Å². The number of rotatable bonds is 2. The van der Waals surface area contributed by atoms with Crippen molar-refractivity contribution in [2.75, 3.05) is 13.2 Å². The fraction of sp³-hybridized carbons (Fsp3) is 0.727. The summed E-state index contributed by atoms with van der Waals surface area (Å²) in [7, 11) is -3.57. The Hall–Kier alpha value is -0.920. The monoisotopic (exact) mass is 274 g/mol. The van der Waals surface area contributed by atoms with Gasteiger partial charge in [0.1, 0.15) is 10.6 Å². The molecule has 102 valence electrons. The number of morpholine rings is 1. The van der Waals surface area contributed by atoms with E-state index in [9.17, 15) is 8.42 Å². The predicted octanol–water partition coefficient (Wildman–Crippen LogP) is 1.09. The van der Waals surface area contributed by atoms with Crippen LogP contribution < -0.4 is 0 Å². The van der Waals surface area contributed by atoms with Crippen molar-refractivity contribution in [1.82, 2.24) is 9.46 Å². The molecule has 1 aromatic rings. The highest BCUT2D eigenvalue weighted by molar-refractivity contribution is 7.89. The number of aryl methyl sites for hydroxylation is 2. The van der Waals surface area contributed by atoms with Crippen LogP contribution in [-0.4, -0.2) is 43.2 Å². The third kappa shape index (κ3) is 2.06. The number of nitrogens with zero attached hydrogens (tertiary/aromatic N) is 2. The van der Waals surface area contributed by atoms with Crippen molar-refractivity contribution in [3.05, 3.63) is 11.5 Å². The Balaban J connectivity index is 2.43. The Morgan fingerprint density at radius 3 is 2.56 bits per heavy atom. The molecular weight excluding hydrogens is 256 g/mol. The maximum Gasteiger partial charge on any atom is 0.248 e. The van der Waals surface area contributed by atoms with Gasteiger partial charge in [-0.2, -0.15) is 4.31 Å². The van der Waals surface area contributed by atoms with Gasteiger partial charge in [-0.05, 0) is 27.7 Å². The lowest BCUT2D eigenvalue weighted by molar-refractivity contribution is -0.0232. The minimum atomic E-state index is -3.57. The molecule has 0 radical (unpaired) electrons. The molecule has 1 aromatic heterocycles. The summed E-state index contributed by atoms with van der Waals surface area (Å²) in [6.45, 7) is 7.74. The first-order valence-electron chi connectivity index (χ1n) is 5.92. The topological polar surface area (TPSA) is 72.6 Å². The van der Waals surface area contributed by atoms with Gasteiger partial charge in [-0.15, -0.1) is 0 Å². The summed E-state index contributed by atoms with van der Waals surface area (Å²) in [5.41, 5.74) is 0.402. The van der Waals surface area contributed by atoms with Gasteiger partial charge in [0, 0.05) is 12.6 Å². The first-order valence-corrected chi connectivity index (χ1v) is 7.36. The van der Waals surface area contributed by atoms with E-state index in [2.05, 4.69) is 5.16 Å².